The molecule has 0 heterocycles. The van der Waals surface area contributed by atoms with Crippen molar-refractivity contribution < 1.29 is 4.74 Å². The van der Waals surface area contributed by atoms with Gasteiger partial charge in [0, 0.05) is 19.3 Å². The van der Waals surface area contributed by atoms with E-state index in [9.17, 15) is 0 Å². The summed E-state index contributed by atoms with van der Waals surface area (Å²) in [5.74, 6) is 0.652. The molecule has 1 atom stereocenters. The highest BCUT2D eigenvalue weighted by molar-refractivity contribution is 4.97. The Kier molecular flexibility index (Phi) is 6.69. The summed E-state index contributed by atoms with van der Waals surface area (Å²) in [5.41, 5.74) is 0. The fourth-order valence-corrected chi connectivity index (χ4v) is 1.76. The van der Waals surface area contributed by atoms with E-state index in [1.807, 2.05) is 0 Å². The van der Waals surface area contributed by atoms with E-state index >= 15 is 0 Å². The molecule has 0 aromatic rings. The van der Waals surface area contributed by atoms with Crippen molar-refractivity contribution in [2.45, 2.75) is 45.6 Å². The Morgan fingerprint density at radius 3 is 3.00 bits per heavy atom. The second-order valence-electron chi connectivity index (χ2n) is 4.74. The van der Waals surface area contributed by atoms with E-state index in [4.69, 9.17) is 4.74 Å². The van der Waals surface area contributed by atoms with E-state index in [1.165, 1.54) is 19.3 Å². The molecular weight excluding hydrogens is 186 g/mol. The maximum Gasteiger partial charge on any atom is 0.0489 e. The van der Waals surface area contributed by atoms with Crippen LogP contribution in [-0.2, 0) is 4.74 Å². The molecular formula is C13H25NO. The summed E-state index contributed by atoms with van der Waals surface area (Å²) in [5, 5.41) is 3.54. The SMILES string of the molecule is CC(C)COCCCNC1C=CCCC1. The number of hydrogen-bond donors (Lipinski definition) is 1. The summed E-state index contributed by atoms with van der Waals surface area (Å²) in [6, 6.07) is 0.615. The van der Waals surface area contributed by atoms with Crippen LogP contribution in [0, 0.1) is 5.92 Å². The van der Waals surface area contributed by atoms with E-state index in [-0.39, 0.29) is 0 Å². The van der Waals surface area contributed by atoms with Crippen molar-refractivity contribution in [3.8, 4) is 0 Å². The number of hydrogen-bond acceptors (Lipinski definition) is 2. The van der Waals surface area contributed by atoms with Crippen molar-refractivity contribution in [1.82, 2.24) is 5.32 Å². The lowest BCUT2D eigenvalue weighted by atomic mass is 10.0. The Morgan fingerprint density at radius 1 is 1.47 bits per heavy atom. The average Bonchev–Trinajstić information content (AvgIpc) is 2.24. The van der Waals surface area contributed by atoms with E-state index in [1.54, 1.807) is 0 Å². The summed E-state index contributed by atoms with van der Waals surface area (Å²) in [6.45, 7) is 7.23. The fourth-order valence-electron chi connectivity index (χ4n) is 1.76. The van der Waals surface area contributed by atoms with Gasteiger partial charge in [-0.3, -0.25) is 0 Å². The summed E-state index contributed by atoms with van der Waals surface area (Å²) < 4.78 is 5.53. The van der Waals surface area contributed by atoms with Crippen molar-refractivity contribution >= 4 is 0 Å². The number of rotatable bonds is 7. The van der Waals surface area contributed by atoms with Crippen molar-refractivity contribution in [1.29, 1.82) is 0 Å². The fraction of sp³-hybridized carbons (Fsp3) is 0.846. The average molecular weight is 211 g/mol. The van der Waals surface area contributed by atoms with Gasteiger partial charge in [0.25, 0.3) is 0 Å². The molecule has 2 heteroatoms. The van der Waals surface area contributed by atoms with Gasteiger partial charge in [0.15, 0.2) is 0 Å². The third kappa shape index (κ3) is 6.69. The maximum atomic E-state index is 5.53. The van der Waals surface area contributed by atoms with Crippen LogP contribution in [0.25, 0.3) is 0 Å². The molecule has 0 amide bonds. The third-order valence-electron chi connectivity index (χ3n) is 2.58. The molecule has 1 N–H and O–H groups in total. The maximum absolute atomic E-state index is 5.53. The minimum absolute atomic E-state index is 0.615. The third-order valence-corrected chi connectivity index (χ3v) is 2.58. The van der Waals surface area contributed by atoms with Gasteiger partial charge in [-0.15, -0.1) is 0 Å². The Balaban J connectivity index is 1.88. The zero-order chi connectivity index (χ0) is 10.9. The molecule has 1 rings (SSSR count). The lowest BCUT2D eigenvalue weighted by Crippen LogP contribution is -2.29. The van der Waals surface area contributed by atoms with Crippen LogP contribution in [0.15, 0.2) is 12.2 Å². The molecule has 0 fully saturated rings. The monoisotopic (exact) mass is 211 g/mol. The minimum atomic E-state index is 0.615. The van der Waals surface area contributed by atoms with Gasteiger partial charge in [0.2, 0.25) is 0 Å². The molecule has 0 saturated carbocycles. The predicted octanol–water partition coefficient (Wildman–Crippen LogP) is 2.75. The first kappa shape index (κ1) is 12.7. The van der Waals surface area contributed by atoms with Crippen LogP contribution < -0.4 is 5.32 Å². The first-order valence-corrected chi connectivity index (χ1v) is 6.27. The van der Waals surface area contributed by atoms with Gasteiger partial charge >= 0.3 is 0 Å². The van der Waals surface area contributed by atoms with Crippen LogP contribution in [0.3, 0.4) is 0 Å². The topological polar surface area (TPSA) is 21.3 Å². The Bertz CT molecular complexity index is 177. The molecule has 1 aliphatic rings. The first-order valence-electron chi connectivity index (χ1n) is 6.27. The molecule has 88 valence electrons. The summed E-state index contributed by atoms with van der Waals surface area (Å²) in [6.07, 6.45) is 9.60. The Morgan fingerprint density at radius 2 is 2.33 bits per heavy atom. The van der Waals surface area contributed by atoms with Crippen molar-refractivity contribution in [2.24, 2.45) is 5.92 Å². The van der Waals surface area contributed by atoms with Crippen LogP contribution in [0.2, 0.25) is 0 Å². The smallest absolute Gasteiger partial charge is 0.0489 e. The van der Waals surface area contributed by atoms with Crippen LogP contribution in [0.5, 0.6) is 0 Å². The quantitative estimate of drug-likeness (QED) is 0.516. The molecule has 15 heavy (non-hydrogen) atoms. The Hall–Kier alpha value is -0.340. The number of allylic oxidation sites excluding steroid dienone is 1. The van der Waals surface area contributed by atoms with Crippen LogP contribution in [0.4, 0.5) is 0 Å². The van der Waals surface area contributed by atoms with Crippen LogP contribution in [-0.4, -0.2) is 25.8 Å². The molecule has 0 aliphatic heterocycles. The van der Waals surface area contributed by atoms with Crippen molar-refractivity contribution in [3.05, 3.63) is 12.2 Å². The lowest BCUT2D eigenvalue weighted by Gasteiger charge is -2.17. The highest BCUT2D eigenvalue weighted by Crippen LogP contribution is 2.09. The highest BCUT2D eigenvalue weighted by Gasteiger charge is 2.06. The van der Waals surface area contributed by atoms with Crippen LogP contribution in [0.1, 0.15) is 39.5 Å². The summed E-state index contributed by atoms with van der Waals surface area (Å²) in [7, 11) is 0. The number of ether oxygens (including phenoxy) is 1. The number of nitrogens with one attached hydrogen (secondary N) is 1. The van der Waals surface area contributed by atoms with Gasteiger partial charge in [-0.2, -0.15) is 0 Å². The van der Waals surface area contributed by atoms with Gasteiger partial charge in [0.05, 0.1) is 0 Å². The van der Waals surface area contributed by atoms with Gasteiger partial charge in [0.1, 0.15) is 0 Å². The van der Waals surface area contributed by atoms with Gasteiger partial charge in [-0.1, -0.05) is 26.0 Å². The molecule has 0 radical (unpaired) electrons. The first-order chi connectivity index (χ1) is 7.29. The molecule has 0 bridgehead atoms. The predicted molar refractivity (Wildman–Crippen MR) is 65.1 cm³/mol. The van der Waals surface area contributed by atoms with Gasteiger partial charge in [-0.05, 0) is 38.1 Å². The molecule has 1 aliphatic carbocycles. The van der Waals surface area contributed by atoms with E-state index in [2.05, 4.69) is 31.3 Å². The van der Waals surface area contributed by atoms with Crippen molar-refractivity contribution in [2.75, 3.05) is 19.8 Å². The van der Waals surface area contributed by atoms with Gasteiger partial charge in [-0.25, -0.2) is 0 Å². The van der Waals surface area contributed by atoms with E-state index in [0.717, 1.165) is 26.2 Å². The van der Waals surface area contributed by atoms with E-state index < -0.39 is 0 Å². The molecule has 2 nitrogen and oxygen atoms in total. The second kappa shape index (κ2) is 7.89. The molecule has 0 aromatic heterocycles. The largest absolute Gasteiger partial charge is 0.381 e. The lowest BCUT2D eigenvalue weighted by molar-refractivity contribution is 0.107. The zero-order valence-electron chi connectivity index (χ0n) is 10.2. The minimum Gasteiger partial charge on any atom is -0.381 e. The normalized spacial score (nSPS) is 21.1. The standard InChI is InChI=1S/C13H25NO/c1-12(2)11-15-10-6-9-14-13-7-4-3-5-8-13/h4,7,12-14H,3,5-6,8-11H2,1-2H3. The Labute approximate surface area is 94.1 Å². The second-order valence-corrected chi connectivity index (χ2v) is 4.74. The molecule has 1 unspecified atom stereocenters. The van der Waals surface area contributed by atoms with E-state index in [0.29, 0.717) is 12.0 Å². The highest BCUT2D eigenvalue weighted by atomic mass is 16.5. The zero-order valence-corrected chi connectivity index (χ0v) is 10.2. The summed E-state index contributed by atoms with van der Waals surface area (Å²) >= 11 is 0. The van der Waals surface area contributed by atoms with Gasteiger partial charge < -0.3 is 10.1 Å². The molecule has 0 aromatic carbocycles. The van der Waals surface area contributed by atoms with Crippen LogP contribution >= 0.6 is 0 Å². The summed E-state index contributed by atoms with van der Waals surface area (Å²) in [4.78, 5) is 0. The molecule has 0 spiro atoms. The van der Waals surface area contributed by atoms with Crippen molar-refractivity contribution in [3.63, 3.8) is 0 Å². The molecule has 0 saturated heterocycles.